The van der Waals surface area contributed by atoms with Gasteiger partial charge in [0, 0.05) is 13.1 Å². The van der Waals surface area contributed by atoms with Gasteiger partial charge >= 0.3 is 0 Å². The van der Waals surface area contributed by atoms with E-state index in [2.05, 4.69) is 5.43 Å². The van der Waals surface area contributed by atoms with Crippen LogP contribution in [0.15, 0.2) is 0 Å². The molecule has 3 atom stereocenters. The van der Waals surface area contributed by atoms with Crippen molar-refractivity contribution in [1.29, 1.82) is 0 Å². The van der Waals surface area contributed by atoms with Gasteiger partial charge in [-0.2, -0.15) is 0 Å². The van der Waals surface area contributed by atoms with Gasteiger partial charge in [-0.3, -0.25) is 15.1 Å². The predicted molar refractivity (Wildman–Crippen MR) is 59.4 cm³/mol. The number of aliphatic hydroxyl groups is 1. The van der Waals surface area contributed by atoms with E-state index in [9.17, 15) is 4.79 Å². The third-order valence-electron chi connectivity index (χ3n) is 2.83. The van der Waals surface area contributed by atoms with E-state index in [-0.39, 0.29) is 30.8 Å². The molecule has 3 unspecified atom stereocenters. The van der Waals surface area contributed by atoms with Crippen LogP contribution in [0.5, 0.6) is 0 Å². The van der Waals surface area contributed by atoms with E-state index < -0.39 is 0 Å². The van der Waals surface area contributed by atoms with Crippen LogP contribution in [0.3, 0.4) is 0 Å². The fourth-order valence-corrected chi connectivity index (χ4v) is 2.14. The number of carbonyl (C=O) groups is 1. The van der Waals surface area contributed by atoms with Gasteiger partial charge in [0.2, 0.25) is 0 Å². The second kappa shape index (κ2) is 6.15. The van der Waals surface area contributed by atoms with Gasteiger partial charge in [0.1, 0.15) is 0 Å². The lowest BCUT2D eigenvalue weighted by atomic mass is 10.1. The summed E-state index contributed by atoms with van der Waals surface area (Å²) in [5.74, 6) is 4.96. The van der Waals surface area contributed by atoms with Crippen LogP contribution in [0, 0.1) is 0 Å². The number of nitrogens with one attached hydrogen (secondary N) is 1. The highest BCUT2D eigenvalue weighted by Gasteiger charge is 2.31. The molecule has 6 heteroatoms. The van der Waals surface area contributed by atoms with Gasteiger partial charge in [-0.1, -0.05) is 6.92 Å². The second-order valence-electron chi connectivity index (χ2n) is 4.14. The molecule has 0 saturated carbocycles. The van der Waals surface area contributed by atoms with E-state index in [4.69, 9.17) is 15.7 Å². The van der Waals surface area contributed by atoms with Crippen molar-refractivity contribution in [2.45, 2.75) is 38.5 Å². The van der Waals surface area contributed by atoms with E-state index in [0.717, 1.165) is 0 Å². The van der Waals surface area contributed by atoms with E-state index in [1.54, 1.807) is 0 Å². The minimum Gasteiger partial charge on any atom is -0.394 e. The molecule has 0 aromatic heterocycles. The zero-order valence-electron chi connectivity index (χ0n) is 9.85. The van der Waals surface area contributed by atoms with Crippen LogP contribution < -0.4 is 11.3 Å². The number of hydrogen-bond donors (Lipinski definition) is 3. The smallest absolute Gasteiger partial charge is 0.251 e. The molecule has 1 fully saturated rings. The Morgan fingerprint density at radius 1 is 1.69 bits per heavy atom. The summed E-state index contributed by atoms with van der Waals surface area (Å²) in [6, 6.07) is -0.245. The number of morpholine rings is 1. The van der Waals surface area contributed by atoms with Crippen molar-refractivity contribution in [3.8, 4) is 0 Å². The molecule has 94 valence electrons. The topological polar surface area (TPSA) is 87.8 Å². The minimum atomic E-state index is -0.245. The van der Waals surface area contributed by atoms with Gasteiger partial charge in [0.05, 0.1) is 24.9 Å². The van der Waals surface area contributed by atoms with Gasteiger partial charge < -0.3 is 9.84 Å². The highest BCUT2D eigenvalue weighted by molar-refractivity contribution is 5.81. The van der Waals surface area contributed by atoms with Gasteiger partial charge in [0.15, 0.2) is 0 Å². The summed E-state index contributed by atoms with van der Waals surface area (Å²) in [7, 11) is 0. The van der Waals surface area contributed by atoms with Gasteiger partial charge in [0.25, 0.3) is 5.91 Å². The molecule has 0 radical (unpaired) electrons. The van der Waals surface area contributed by atoms with Gasteiger partial charge in [-0.05, 0) is 13.3 Å². The van der Waals surface area contributed by atoms with Crippen molar-refractivity contribution in [3.05, 3.63) is 0 Å². The molecule has 6 nitrogen and oxygen atoms in total. The summed E-state index contributed by atoms with van der Waals surface area (Å²) in [5, 5.41) is 9.10. The number of hydrazine groups is 1. The molecule has 0 spiro atoms. The average molecular weight is 231 g/mol. The van der Waals surface area contributed by atoms with Crippen molar-refractivity contribution >= 4 is 5.91 Å². The Morgan fingerprint density at radius 3 is 2.88 bits per heavy atom. The fraction of sp³-hybridized carbons (Fsp3) is 0.900. The van der Waals surface area contributed by atoms with E-state index in [0.29, 0.717) is 19.5 Å². The van der Waals surface area contributed by atoms with Crippen LogP contribution >= 0.6 is 0 Å². The molecule has 16 heavy (non-hydrogen) atoms. The quantitative estimate of drug-likeness (QED) is 0.322. The highest BCUT2D eigenvalue weighted by atomic mass is 16.5. The molecule has 1 aliphatic rings. The van der Waals surface area contributed by atoms with Crippen molar-refractivity contribution in [1.82, 2.24) is 10.3 Å². The van der Waals surface area contributed by atoms with Crippen LogP contribution in [0.1, 0.15) is 20.3 Å². The van der Waals surface area contributed by atoms with Crippen molar-refractivity contribution in [3.63, 3.8) is 0 Å². The number of hydrogen-bond acceptors (Lipinski definition) is 5. The molecule has 0 bridgehead atoms. The number of nitrogens with zero attached hydrogens (tertiary/aromatic N) is 1. The van der Waals surface area contributed by atoms with Crippen LogP contribution in [-0.2, 0) is 9.53 Å². The Hall–Kier alpha value is -0.690. The number of carbonyl (C=O) groups excluding carboxylic acids is 1. The normalized spacial score (nSPS) is 28.8. The number of nitrogens with two attached hydrogens (primary N) is 1. The summed E-state index contributed by atoms with van der Waals surface area (Å²) >= 11 is 0. The Bertz CT molecular complexity index is 237. The maximum absolute atomic E-state index is 11.6. The number of rotatable bonds is 4. The van der Waals surface area contributed by atoms with Crippen molar-refractivity contribution in [2.24, 2.45) is 5.84 Å². The van der Waals surface area contributed by atoms with E-state index >= 15 is 0 Å². The van der Waals surface area contributed by atoms with Crippen molar-refractivity contribution in [2.75, 3.05) is 19.7 Å². The molecular weight excluding hydrogens is 210 g/mol. The zero-order chi connectivity index (χ0) is 12.1. The first kappa shape index (κ1) is 13.4. The molecule has 0 aromatic carbocycles. The lowest BCUT2D eigenvalue weighted by Gasteiger charge is -2.39. The van der Waals surface area contributed by atoms with Crippen LogP contribution in [0.4, 0.5) is 0 Å². The Balaban J connectivity index is 2.65. The Labute approximate surface area is 95.7 Å². The lowest BCUT2D eigenvalue weighted by Crippen LogP contribution is -2.56. The summed E-state index contributed by atoms with van der Waals surface area (Å²) in [5.41, 5.74) is 2.18. The first-order valence-corrected chi connectivity index (χ1v) is 5.63. The molecule has 1 aliphatic heterocycles. The molecular formula is C10H21N3O3. The third kappa shape index (κ3) is 3.15. The fourth-order valence-electron chi connectivity index (χ4n) is 2.14. The van der Waals surface area contributed by atoms with Gasteiger partial charge in [-0.25, -0.2) is 5.84 Å². The summed E-state index contributed by atoms with van der Waals surface area (Å²) in [6.07, 6.45) is 0.488. The summed E-state index contributed by atoms with van der Waals surface area (Å²) in [4.78, 5) is 13.6. The van der Waals surface area contributed by atoms with Gasteiger partial charge in [-0.15, -0.1) is 0 Å². The SMILES string of the molecule is CCC(C(=O)NN)N1CC(C)OC(CO)C1. The second-order valence-corrected chi connectivity index (χ2v) is 4.14. The first-order chi connectivity index (χ1) is 7.62. The molecule has 1 rings (SSSR count). The average Bonchev–Trinajstić information content (AvgIpc) is 2.29. The van der Waals surface area contributed by atoms with Crippen molar-refractivity contribution < 1.29 is 14.6 Å². The zero-order valence-corrected chi connectivity index (χ0v) is 9.85. The predicted octanol–water partition coefficient (Wildman–Crippen LogP) is -1.16. The Kier molecular flexibility index (Phi) is 5.14. The standard InChI is InChI=1S/C10H21N3O3/c1-3-9(10(15)12-11)13-4-7(2)16-8(5-13)6-14/h7-9,14H,3-6,11H2,1-2H3,(H,12,15). The molecule has 1 amide bonds. The molecule has 1 heterocycles. The monoisotopic (exact) mass is 231 g/mol. The molecule has 4 N–H and O–H groups in total. The lowest BCUT2D eigenvalue weighted by molar-refractivity contribution is -0.136. The molecule has 1 saturated heterocycles. The Morgan fingerprint density at radius 2 is 2.38 bits per heavy atom. The molecule has 0 aromatic rings. The highest BCUT2D eigenvalue weighted by Crippen LogP contribution is 2.15. The summed E-state index contributed by atoms with van der Waals surface area (Å²) in [6.45, 7) is 5.09. The number of ether oxygens (including phenoxy) is 1. The van der Waals surface area contributed by atoms with Crippen LogP contribution in [-0.4, -0.2) is 53.9 Å². The van der Waals surface area contributed by atoms with Crippen LogP contribution in [0.2, 0.25) is 0 Å². The summed E-state index contributed by atoms with van der Waals surface area (Å²) < 4.78 is 5.52. The van der Waals surface area contributed by atoms with E-state index in [1.165, 1.54) is 0 Å². The largest absolute Gasteiger partial charge is 0.394 e. The van der Waals surface area contributed by atoms with Crippen LogP contribution in [0.25, 0.3) is 0 Å². The number of aliphatic hydroxyl groups excluding tert-OH is 1. The maximum atomic E-state index is 11.6. The minimum absolute atomic E-state index is 0.0190. The first-order valence-electron chi connectivity index (χ1n) is 5.63. The molecule has 0 aliphatic carbocycles. The maximum Gasteiger partial charge on any atom is 0.251 e. The number of amides is 1. The van der Waals surface area contributed by atoms with E-state index in [1.807, 2.05) is 18.7 Å². The third-order valence-corrected chi connectivity index (χ3v) is 2.83.